The third kappa shape index (κ3) is 7.53. The van der Waals surface area contributed by atoms with E-state index in [2.05, 4.69) is 16.9 Å². The lowest BCUT2D eigenvalue weighted by molar-refractivity contribution is -0.147. The number of methoxy groups -OCH3 is 3. The summed E-state index contributed by atoms with van der Waals surface area (Å²) in [6.45, 7) is 6.24. The van der Waals surface area contributed by atoms with Crippen LogP contribution in [0.4, 0.5) is 0 Å². The van der Waals surface area contributed by atoms with E-state index in [1.54, 1.807) is 26.4 Å². The van der Waals surface area contributed by atoms with E-state index < -0.39 is 36.6 Å². The summed E-state index contributed by atoms with van der Waals surface area (Å²) in [6.07, 6.45) is 1.34. The highest BCUT2D eigenvalue weighted by Gasteiger charge is 2.29. The number of hydrogen-bond donors (Lipinski definition) is 1. The Balaban J connectivity index is 1.83. The summed E-state index contributed by atoms with van der Waals surface area (Å²) in [5.41, 5.74) is 1.21. The highest BCUT2D eigenvalue weighted by atomic mass is 16.7. The molecular weight excluding hydrogens is 532 g/mol. The molecule has 0 bridgehead atoms. The van der Waals surface area contributed by atoms with E-state index in [4.69, 9.17) is 28.4 Å². The maximum Gasteiger partial charge on any atom is 0.333 e. The molecule has 2 aromatic carbocycles. The number of pyridine rings is 1. The van der Waals surface area contributed by atoms with Crippen molar-refractivity contribution in [2.45, 2.75) is 25.8 Å². The second-order valence-corrected chi connectivity index (χ2v) is 8.59. The molecule has 1 N–H and O–H groups in total. The Morgan fingerprint density at radius 3 is 1.98 bits per heavy atom. The third-order valence-corrected chi connectivity index (χ3v) is 5.92. The molecule has 0 unspecified atom stereocenters. The first-order valence-electron chi connectivity index (χ1n) is 12.5. The number of allylic oxidation sites excluding steroid dienone is 1. The molecule has 3 aromatic rings. The Morgan fingerprint density at radius 1 is 0.878 bits per heavy atom. The van der Waals surface area contributed by atoms with Crippen molar-refractivity contribution in [3.05, 3.63) is 90.0 Å². The summed E-state index contributed by atoms with van der Waals surface area (Å²) in [5, 5.41) is 2.55. The van der Waals surface area contributed by atoms with Gasteiger partial charge in [0.1, 0.15) is 23.3 Å². The highest BCUT2D eigenvalue weighted by Crippen LogP contribution is 2.41. The second-order valence-electron chi connectivity index (χ2n) is 8.59. The van der Waals surface area contributed by atoms with Crippen molar-refractivity contribution >= 4 is 17.8 Å². The number of amides is 1. The van der Waals surface area contributed by atoms with Crippen molar-refractivity contribution in [2.24, 2.45) is 0 Å². The number of carbonyl (C=O) groups is 3. The minimum absolute atomic E-state index is 0.0638. The normalized spacial score (nSPS) is 11.2. The standard InChI is InChI=1S/C30H32N2O9/c1-18(32-29(34)27-28(40-17-39-20(3)33)25(38-6)15-16-31-27)30(35)41-19(2)26(21-11-7-9-13-23(21)36-4)22-12-8-10-14-24(22)37-5/h7-16,18,26H,2,17H2,1,3-6H3,(H,32,34)/t18-/m0/s1. The molecular formula is C30H32N2O9. The third-order valence-electron chi connectivity index (χ3n) is 5.92. The van der Waals surface area contributed by atoms with Gasteiger partial charge in [-0.05, 0) is 19.1 Å². The summed E-state index contributed by atoms with van der Waals surface area (Å²) in [5.74, 6) is -1.41. The first-order valence-corrected chi connectivity index (χ1v) is 12.5. The maximum atomic E-state index is 13.2. The first kappa shape index (κ1) is 30.5. The molecule has 0 radical (unpaired) electrons. The zero-order chi connectivity index (χ0) is 29.9. The molecule has 11 heteroatoms. The average Bonchev–Trinajstić information content (AvgIpc) is 2.97. The minimum atomic E-state index is -1.12. The van der Waals surface area contributed by atoms with Crippen molar-refractivity contribution in [3.8, 4) is 23.0 Å². The number of hydrogen-bond acceptors (Lipinski definition) is 10. The number of ether oxygens (including phenoxy) is 6. The number of esters is 2. The largest absolute Gasteiger partial charge is 0.496 e. The SMILES string of the molecule is C=C(OC(=O)[C@H](C)NC(=O)c1nccc(OC)c1OCOC(C)=O)C(c1ccccc1OC)c1ccccc1OC. The summed E-state index contributed by atoms with van der Waals surface area (Å²) in [4.78, 5) is 41.4. The van der Waals surface area contributed by atoms with Gasteiger partial charge >= 0.3 is 11.9 Å². The van der Waals surface area contributed by atoms with Crippen LogP contribution in [0.5, 0.6) is 23.0 Å². The Morgan fingerprint density at radius 2 is 1.44 bits per heavy atom. The topological polar surface area (TPSA) is 132 Å². The molecule has 1 atom stereocenters. The van der Waals surface area contributed by atoms with Gasteiger partial charge in [0.25, 0.3) is 5.91 Å². The van der Waals surface area contributed by atoms with Gasteiger partial charge in [-0.3, -0.25) is 9.59 Å². The zero-order valence-corrected chi connectivity index (χ0v) is 23.5. The van der Waals surface area contributed by atoms with Crippen LogP contribution in [0, 0.1) is 0 Å². The number of benzene rings is 2. The summed E-state index contributed by atoms with van der Waals surface area (Å²) in [6, 6.07) is 14.9. The van der Waals surface area contributed by atoms with E-state index in [9.17, 15) is 14.4 Å². The molecule has 1 amide bonds. The van der Waals surface area contributed by atoms with Crippen molar-refractivity contribution in [2.75, 3.05) is 28.1 Å². The van der Waals surface area contributed by atoms with E-state index >= 15 is 0 Å². The lowest BCUT2D eigenvalue weighted by atomic mass is 9.88. The average molecular weight is 565 g/mol. The van der Waals surface area contributed by atoms with Crippen LogP contribution >= 0.6 is 0 Å². The molecule has 3 rings (SSSR count). The number of carbonyl (C=O) groups excluding carboxylic acids is 3. The monoisotopic (exact) mass is 564 g/mol. The van der Waals surface area contributed by atoms with Gasteiger partial charge in [-0.1, -0.05) is 43.0 Å². The molecule has 11 nitrogen and oxygen atoms in total. The fourth-order valence-corrected chi connectivity index (χ4v) is 3.99. The van der Waals surface area contributed by atoms with Crippen molar-refractivity contribution < 1.29 is 42.8 Å². The lowest BCUT2D eigenvalue weighted by Gasteiger charge is -2.24. The Kier molecular flexibility index (Phi) is 10.7. The zero-order valence-electron chi connectivity index (χ0n) is 23.5. The van der Waals surface area contributed by atoms with Crippen LogP contribution in [-0.4, -0.2) is 57.0 Å². The fourth-order valence-electron chi connectivity index (χ4n) is 3.99. The van der Waals surface area contributed by atoms with Crippen LogP contribution in [-0.2, 0) is 19.1 Å². The minimum Gasteiger partial charge on any atom is -0.496 e. The molecule has 0 aliphatic rings. The second kappa shape index (κ2) is 14.4. The smallest absolute Gasteiger partial charge is 0.333 e. The molecule has 216 valence electrons. The molecule has 0 saturated carbocycles. The van der Waals surface area contributed by atoms with Gasteiger partial charge in [0.15, 0.2) is 17.2 Å². The molecule has 1 aromatic heterocycles. The summed E-state index contributed by atoms with van der Waals surface area (Å²) >= 11 is 0. The quantitative estimate of drug-likeness (QED) is 0.184. The van der Waals surface area contributed by atoms with Crippen LogP contribution in [0.3, 0.4) is 0 Å². The number of aromatic nitrogens is 1. The number of para-hydroxylation sites is 2. The van der Waals surface area contributed by atoms with Gasteiger partial charge in [-0.2, -0.15) is 0 Å². The number of nitrogens with zero attached hydrogens (tertiary/aromatic N) is 1. The summed E-state index contributed by atoms with van der Waals surface area (Å²) < 4.78 is 32.3. The van der Waals surface area contributed by atoms with Gasteiger partial charge in [0, 0.05) is 30.3 Å². The molecule has 0 spiro atoms. The van der Waals surface area contributed by atoms with E-state index in [1.165, 1.54) is 33.2 Å². The van der Waals surface area contributed by atoms with E-state index in [-0.39, 0.29) is 23.0 Å². The van der Waals surface area contributed by atoms with Crippen LogP contribution in [0.2, 0.25) is 0 Å². The van der Waals surface area contributed by atoms with Crippen molar-refractivity contribution in [1.29, 1.82) is 0 Å². The Labute approximate surface area is 238 Å². The van der Waals surface area contributed by atoms with Gasteiger partial charge in [-0.25, -0.2) is 9.78 Å². The summed E-state index contributed by atoms with van der Waals surface area (Å²) in [7, 11) is 4.46. The van der Waals surface area contributed by atoms with Crippen LogP contribution < -0.4 is 24.3 Å². The molecule has 0 aliphatic carbocycles. The fraction of sp³-hybridized carbons (Fsp3) is 0.267. The van der Waals surface area contributed by atoms with Crippen molar-refractivity contribution in [3.63, 3.8) is 0 Å². The van der Waals surface area contributed by atoms with Gasteiger partial charge in [0.05, 0.1) is 27.2 Å². The van der Waals surface area contributed by atoms with Crippen molar-refractivity contribution in [1.82, 2.24) is 10.3 Å². The number of rotatable bonds is 13. The molecule has 1 heterocycles. The molecule has 41 heavy (non-hydrogen) atoms. The highest BCUT2D eigenvalue weighted by molar-refractivity contribution is 5.98. The van der Waals surface area contributed by atoms with Gasteiger partial charge in [-0.15, -0.1) is 0 Å². The molecule has 0 saturated heterocycles. The molecule has 0 fully saturated rings. The predicted octanol–water partition coefficient (Wildman–Crippen LogP) is 4.01. The van der Waals surface area contributed by atoms with E-state index in [0.29, 0.717) is 22.6 Å². The Hall–Kier alpha value is -5.06. The van der Waals surface area contributed by atoms with Crippen LogP contribution in [0.25, 0.3) is 0 Å². The number of nitrogens with one attached hydrogen (secondary N) is 1. The first-order chi connectivity index (χ1) is 19.7. The van der Waals surface area contributed by atoms with E-state index in [0.717, 1.165) is 0 Å². The van der Waals surface area contributed by atoms with E-state index in [1.807, 2.05) is 36.4 Å². The molecule has 0 aliphatic heterocycles. The van der Waals surface area contributed by atoms with Crippen LogP contribution in [0.15, 0.2) is 73.1 Å². The Bertz CT molecular complexity index is 1360. The lowest BCUT2D eigenvalue weighted by Crippen LogP contribution is -2.40. The van der Waals surface area contributed by atoms with Crippen LogP contribution in [0.1, 0.15) is 41.4 Å². The predicted molar refractivity (Wildman–Crippen MR) is 148 cm³/mol. The van der Waals surface area contributed by atoms with Gasteiger partial charge < -0.3 is 33.7 Å². The van der Waals surface area contributed by atoms with Gasteiger partial charge in [0.2, 0.25) is 6.79 Å². The maximum absolute atomic E-state index is 13.2.